The van der Waals surface area contributed by atoms with Crippen molar-refractivity contribution >= 4 is 40.9 Å². The summed E-state index contributed by atoms with van der Waals surface area (Å²) < 4.78 is 4.75. The molecule has 0 aliphatic carbocycles. The molecule has 0 bridgehead atoms. The number of carbonyl (C=O) groups excluding carboxylic acids is 2. The Balaban J connectivity index is 2.28. The number of pyridine rings is 1. The van der Waals surface area contributed by atoms with Crippen LogP contribution in [0.15, 0.2) is 12.3 Å². The fraction of sp³-hybridized carbons (Fsp3) is 0.417. The van der Waals surface area contributed by atoms with Crippen molar-refractivity contribution in [1.82, 2.24) is 10.3 Å². The number of hydrogen-bond acceptors (Lipinski definition) is 5. The van der Waals surface area contributed by atoms with Gasteiger partial charge < -0.3 is 15.4 Å². The van der Waals surface area contributed by atoms with E-state index in [1.807, 2.05) is 0 Å². The second-order valence-corrected chi connectivity index (χ2v) is 4.61. The van der Waals surface area contributed by atoms with Gasteiger partial charge in [0.15, 0.2) is 5.82 Å². The highest BCUT2D eigenvalue weighted by molar-refractivity contribution is 6.36. The van der Waals surface area contributed by atoms with E-state index in [4.69, 9.17) is 27.9 Å². The summed E-state index contributed by atoms with van der Waals surface area (Å²) in [5.41, 5.74) is 0. The van der Waals surface area contributed by atoms with Gasteiger partial charge in [-0.2, -0.15) is 0 Å². The highest BCUT2D eigenvalue weighted by Gasteiger charge is 2.08. The zero-order valence-electron chi connectivity index (χ0n) is 10.9. The van der Waals surface area contributed by atoms with Crippen LogP contribution in [0.1, 0.15) is 13.3 Å². The number of ether oxygens (including phenoxy) is 1. The lowest BCUT2D eigenvalue weighted by molar-refractivity contribution is -0.143. The van der Waals surface area contributed by atoms with Crippen molar-refractivity contribution in [3.8, 4) is 0 Å². The van der Waals surface area contributed by atoms with E-state index in [1.54, 1.807) is 6.92 Å². The SMILES string of the molecule is CCOC(=O)CCNCC(=O)Nc1ncc(Cl)cc1Cl. The number of anilines is 1. The Morgan fingerprint density at radius 3 is 2.80 bits per heavy atom. The van der Waals surface area contributed by atoms with Gasteiger partial charge in [-0.25, -0.2) is 4.98 Å². The first kappa shape index (κ1) is 16.7. The highest BCUT2D eigenvalue weighted by Crippen LogP contribution is 2.22. The summed E-state index contributed by atoms with van der Waals surface area (Å²) in [5, 5.41) is 6.00. The van der Waals surface area contributed by atoms with Crippen LogP contribution < -0.4 is 10.6 Å². The minimum Gasteiger partial charge on any atom is -0.466 e. The van der Waals surface area contributed by atoms with Crippen LogP contribution in [-0.4, -0.2) is 36.6 Å². The van der Waals surface area contributed by atoms with Gasteiger partial charge in [0.2, 0.25) is 5.91 Å². The zero-order chi connectivity index (χ0) is 15.0. The Kier molecular flexibility index (Phi) is 7.28. The molecule has 0 aliphatic heterocycles. The van der Waals surface area contributed by atoms with Gasteiger partial charge in [0, 0.05) is 12.7 Å². The van der Waals surface area contributed by atoms with E-state index in [9.17, 15) is 9.59 Å². The summed E-state index contributed by atoms with van der Waals surface area (Å²) in [4.78, 5) is 26.6. The first-order valence-electron chi connectivity index (χ1n) is 6.00. The van der Waals surface area contributed by atoms with Gasteiger partial charge >= 0.3 is 5.97 Å². The Labute approximate surface area is 126 Å². The molecule has 2 N–H and O–H groups in total. The molecule has 0 aromatic carbocycles. The number of amides is 1. The lowest BCUT2D eigenvalue weighted by Gasteiger charge is -2.07. The molecule has 6 nitrogen and oxygen atoms in total. The van der Waals surface area contributed by atoms with Crippen LogP contribution in [0.5, 0.6) is 0 Å². The lowest BCUT2D eigenvalue weighted by atomic mass is 10.4. The molecule has 1 rings (SSSR count). The third-order valence-electron chi connectivity index (χ3n) is 2.16. The van der Waals surface area contributed by atoms with Crippen LogP contribution in [0.3, 0.4) is 0 Å². The summed E-state index contributed by atoms with van der Waals surface area (Å²) in [6.45, 7) is 2.48. The van der Waals surface area contributed by atoms with Gasteiger partial charge in [0.05, 0.1) is 29.6 Å². The number of nitrogens with one attached hydrogen (secondary N) is 2. The predicted octanol–water partition coefficient (Wildman–Crippen LogP) is 1.87. The molecular formula is C12H15Cl2N3O3. The predicted molar refractivity (Wildman–Crippen MR) is 77.0 cm³/mol. The maximum absolute atomic E-state index is 11.6. The van der Waals surface area contributed by atoms with Crippen LogP contribution in [0.25, 0.3) is 0 Å². The minimum absolute atomic E-state index is 0.0417. The zero-order valence-corrected chi connectivity index (χ0v) is 12.4. The number of halogens is 2. The average Bonchev–Trinajstić information content (AvgIpc) is 2.38. The summed E-state index contributed by atoms with van der Waals surface area (Å²) >= 11 is 11.6. The molecule has 0 saturated carbocycles. The first-order valence-corrected chi connectivity index (χ1v) is 6.75. The van der Waals surface area contributed by atoms with Crippen LogP contribution >= 0.6 is 23.2 Å². The van der Waals surface area contributed by atoms with E-state index in [2.05, 4.69) is 15.6 Å². The van der Waals surface area contributed by atoms with E-state index in [0.29, 0.717) is 18.2 Å². The molecule has 0 aliphatic rings. The number of rotatable bonds is 7. The van der Waals surface area contributed by atoms with Gasteiger partial charge in [-0.15, -0.1) is 0 Å². The van der Waals surface area contributed by atoms with Crippen LogP contribution in [-0.2, 0) is 14.3 Å². The highest BCUT2D eigenvalue weighted by atomic mass is 35.5. The van der Waals surface area contributed by atoms with Crippen molar-refractivity contribution in [3.05, 3.63) is 22.3 Å². The summed E-state index contributed by atoms with van der Waals surface area (Å²) in [5.74, 6) is -0.373. The molecule has 8 heteroatoms. The molecule has 0 radical (unpaired) electrons. The quantitative estimate of drug-likeness (QED) is 0.592. The standard InChI is InChI=1S/C12H15Cl2N3O3/c1-2-20-11(19)3-4-15-7-10(18)17-12-9(14)5-8(13)6-16-12/h5-6,15H,2-4,7H2,1H3,(H,16,17,18). The normalized spacial score (nSPS) is 10.2. The molecule has 1 heterocycles. The molecule has 0 unspecified atom stereocenters. The average molecular weight is 320 g/mol. The third-order valence-corrected chi connectivity index (χ3v) is 2.66. The maximum Gasteiger partial charge on any atom is 0.307 e. The smallest absolute Gasteiger partial charge is 0.307 e. The van der Waals surface area contributed by atoms with Crippen molar-refractivity contribution in [2.45, 2.75) is 13.3 Å². The number of aromatic nitrogens is 1. The van der Waals surface area contributed by atoms with Crippen molar-refractivity contribution in [3.63, 3.8) is 0 Å². The van der Waals surface area contributed by atoms with Crippen LogP contribution in [0.4, 0.5) is 5.82 Å². The van der Waals surface area contributed by atoms with E-state index >= 15 is 0 Å². The van der Waals surface area contributed by atoms with Crippen LogP contribution in [0.2, 0.25) is 10.0 Å². The fourth-order valence-electron chi connectivity index (χ4n) is 1.31. The first-order chi connectivity index (χ1) is 9.52. The second-order valence-electron chi connectivity index (χ2n) is 3.76. The molecule has 0 spiro atoms. The Morgan fingerprint density at radius 1 is 1.40 bits per heavy atom. The maximum atomic E-state index is 11.6. The topological polar surface area (TPSA) is 80.3 Å². The number of nitrogens with zero attached hydrogens (tertiary/aromatic N) is 1. The Hall–Kier alpha value is -1.37. The Bertz CT molecular complexity index is 483. The number of carbonyl (C=O) groups is 2. The number of hydrogen-bond donors (Lipinski definition) is 2. The summed E-state index contributed by atoms with van der Waals surface area (Å²) in [6.07, 6.45) is 1.60. The largest absolute Gasteiger partial charge is 0.466 e. The van der Waals surface area contributed by atoms with E-state index in [0.717, 1.165) is 0 Å². The summed E-state index contributed by atoms with van der Waals surface area (Å²) in [7, 11) is 0. The second kappa shape index (κ2) is 8.73. The van der Waals surface area contributed by atoms with Crippen molar-refractivity contribution in [2.24, 2.45) is 0 Å². The van der Waals surface area contributed by atoms with Crippen molar-refractivity contribution in [1.29, 1.82) is 0 Å². The molecule has 20 heavy (non-hydrogen) atoms. The van der Waals surface area contributed by atoms with Crippen molar-refractivity contribution in [2.75, 3.05) is 25.0 Å². The molecule has 0 saturated heterocycles. The van der Waals surface area contributed by atoms with Gasteiger partial charge in [0.25, 0.3) is 0 Å². The minimum atomic E-state index is -0.314. The van der Waals surface area contributed by atoms with E-state index in [1.165, 1.54) is 12.3 Å². The van der Waals surface area contributed by atoms with E-state index in [-0.39, 0.29) is 35.7 Å². The fourth-order valence-corrected chi connectivity index (χ4v) is 1.74. The molecular weight excluding hydrogens is 305 g/mol. The van der Waals surface area contributed by atoms with Crippen LogP contribution in [0, 0.1) is 0 Å². The third kappa shape index (κ3) is 6.18. The molecule has 1 amide bonds. The molecule has 1 aromatic rings. The summed E-state index contributed by atoms with van der Waals surface area (Å²) in [6, 6.07) is 1.49. The molecule has 0 atom stereocenters. The van der Waals surface area contributed by atoms with Crippen molar-refractivity contribution < 1.29 is 14.3 Å². The molecule has 1 aromatic heterocycles. The van der Waals surface area contributed by atoms with E-state index < -0.39 is 0 Å². The molecule has 0 fully saturated rings. The molecule has 110 valence electrons. The van der Waals surface area contributed by atoms with Gasteiger partial charge in [-0.05, 0) is 13.0 Å². The van der Waals surface area contributed by atoms with Gasteiger partial charge in [-0.3, -0.25) is 9.59 Å². The van der Waals surface area contributed by atoms with Gasteiger partial charge in [-0.1, -0.05) is 23.2 Å². The lowest BCUT2D eigenvalue weighted by Crippen LogP contribution is -2.30. The Morgan fingerprint density at radius 2 is 2.15 bits per heavy atom. The monoisotopic (exact) mass is 319 g/mol. The number of esters is 1. The van der Waals surface area contributed by atoms with Gasteiger partial charge in [0.1, 0.15) is 0 Å².